The van der Waals surface area contributed by atoms with Crippen molar-refractivity contribution in [1.82, 2.24) is 0 Å². The maximum Gasteiger partial charge on any atom is 0.350 e. The number of phenols is 1. The summed E-state index contributed by atoms with van der Waals surface area (Å²) in [6.07, 6.45) is -1.11. The summed E-state index contributed by atoms with van der Waals surface area (Å²) < 4.78 is 27.5. The van der Waals surface area contributed by atoms with Gasteiger partial charge in [-0.05, 0) is 37.6 Å². The molecule has 0 amide bonds. The summed E-state index contributed by atoms with van der Waals surface area (Å²) in [4.78, 5) is 24.1. The minimum atomic E-state index is -1.17. The summed E-state index contributed by atoms with van der Waals surface area (Å²) in [5.41, 5.74) is 0.697. The summed E-state index contributed by atoms with van der Waals surface area (Å²) >= 11 is 0. The lowest BCUT2D eigenvalue weighted by Gasteiger charge is -2.21. The molecule has 138 valence electrons. The molecule has 26 heavy (non-hydrogen) atoms. The summed E-state index contributed by atoms with van der Waals surface area (Å²) in [6, 6.07) is 6.26. The van der Waals surface area contributed by atoms with Crippen LogP contribution in [0.1, 0.15) is 19.4 Å². The molecule has 4 rings (SSSR count). The quantitative estimate of drug-likeness (QED) is 0.631. The second-order valence-electron chi connectivity index (χ2n) is 6.75. The van der Waals surface area contributed by atoms with Crippen LogP contribution in [-0.2, 0) is 33.3 Å². The Kier molecular flexibility index (Phi) is 3.98. The monoisotopic (exact) mass is 362 g/mol. The molecule has 1 aromatic rings. The van der Waals surface area contributed by atoms with E-state index in [4.69, 9.17) is 23.7 Å². The van der Waals surface area contributed by atoms with Crippen LogP contribution in [0.3, 0.4) is 0 Å². The molecule has 3 aliphatic rings. The van der Waals surface area contributed by atoms with E-state index in [1.807, 2.05) is 0 Å². The molecule has 0 saturated carbocycles. The first-order chi connectivity index (χ1) is 12.3. The van der Waals surface area contributed by atoms with Crippen LogP contribution < -0.4 is 0 Å². The third kappa shape index (κ3) is 3.07. The molecule has 3 saturated heterocycles. The molecule has 0 aliphatic carbocycles. The number of fused-ring (bicyclic) bond motifs is 3. The van der Waals surface area contributed by atoms with E-state index in [-0.39, 0.29) is 5.75 Å². The highest BCUT2D eigenvalue weighted by Gasteiger charge is 2.64. The molecular formula is C18H18O8. The molecule has 0 radical (unpaired) electrons. The molecule has 3 aliphatic heterocycles. The van der Waals surface area contributed by atoms with E-state index in [2.05, 4.69) is 0 Å². The fraction of sp³-hybridized carbons (Fsp3) is 0.444. The van der Waals surface area contributed by atoms with Crippen LogP contribution in [-0.4, -0.2) is 53.5 Å². The van der Waals surface area contributed by atoms with Gasteiger partial charge in [0.05, 0.1) is 0 Å². The molecule has 5 unspecified atom stereocenters. The maximum absolute atomic E-state index is 12.1. The zero-order chi connectivity index (χ0) is 18.5. The topological polar surface area (TPSA) is 101 Å². The van der Waals surface area contributed by atoms with Crippen LogP contribution in [0.15, 0.2) is 30.3 Å². The summed E-state index contributed by atoms with van der Waals surface area (Å²) in [6.45, 7) is 3.48. The normalized spacial score (nSPS) is 34.5. The maximum atomic E-state index is 12.1. The van der Waals surface area contributed by atoms with Crippen molar-refractivity contribution in [3.8, 4) is 5.75 Å². The lowest BCUT2D eigenvalue weighted by Crippen LogP contribution is -2.37. The van der Waals surface area contributed by atoms with Crippen molar-refractivity contribution in [2.45, 2.75) is 50.3 Å². The number of hydrogen-bond donors (Lipinski definition) is 1. The lowest BCUT2D eigenvalue weighted by molar-refractivity contribution is -0.216. The zero-order valence-electron chi connectivity index (χ0n) is 14.2. The molecule has 3 fully saturated rings. The Hall–Kier alpha value is -2.42. The molecule has 3 heterocycles. The Bertz CT molecular complexity index is 753. The van der Waals surface area contributed by atoms with Crippen LogP contribution in [0.2, 0.25) is 0 Å². The molecule has 8 nitrogen and oxygen atoms in total. The number of ether oxygens (including phenoxy) is 5. The Morgan fingerprint density at radius 3 is 2.62 bits per heavy atom. The first-order valence-electron chi connectivity index (χ1n) is 8.22. The van der Waals surface area contributed by atoms with E-state index >= 15 is 0 Å². The molecule has 1 aromatic carbocycles. The number of esters is 2. The molecule has 5 atom stereocenters. The van der Waals surface area contributed by atoms with Gasteiger partial charge in [-0.25, -0.2) is 9.59 Å². The highest BCUT2D eigenvalue weighted by molar-refractivity contribution is 5.90. The fourth-order valence-corrected chi connectivity index (χ4v) is 3.25. The highest BCUT2D eigenvalue weighted by atomic mass is 16.8. The third-order valence-corrected chi connectivity index (χ3v) is 4.36. The van der Waals surface area contributed by atoms with Gasteiger partial charge < -0.3 is 28.8 Å². The molecule has 0 aromatic heterocycles. The van der Waals surface area contributed by atoms with E-state index in [1.54, 1.807) is 26.0 Å². The van der Waals surface area contributed by atoms with Crippen molar-refractivity contribution in [3.05, 3.63) is 35.9 Å². The summed E-state index contributed by atoms with van der Waals surface area (Å²) in [7, 11) is 0. The van der Waals surface area contributed by atoms with Gasteiger partial charge in [-0.15, -0.1) is 0 Å². The molecule has 0 spiro atoms. The Balaban J connectivity index is 1.40. The van der Waals surface area contributed by atoms with E-state index < -0.39 is 48.4 Å². The van der Waals surface area contributed by atoms with Gasteiger partial charge in [-0.3, -0.25) is 0 Å². The standard InChI is InChI=1S/C18H18O8/c1-18(2)25-15-13-12(24-17(15)26-18)14(16(21)23-13)22-11(20)8-5-9-3-6-10(19)7-4-9/h3-8,12-15,17,19H,1-2H3. The van der Waals surface area contributed by atoms with Crippen LogP contribution in [0.4, 0.5) is 0 Å². The number of phenolic OH excluding ortho intramolecular Hbond substituents is 1. The summed E-state index contributed by atoms with van der Waals surface area (Å²) in [5.74, 6) is -2.07. The molecule has 8 heteroatoms. The average molecular weight is 362 g/mol. The van der Waals surface area contributed by atoms with E-state index in [9.17, 15) is 14.7 Å². The van der Waals surface area contributed by atoms with Gasteiger partial charge in [0.25, 0.3) is 0 Å². The van der Waals surface area contributed by atoms with Gasteiger partial charge in [-0.1, -0.05) is 12.1 Å². The minimum Gasteiger partial charge on any atom is -0.508 e. The molecule has 1 N–H and O–H groups in total. The second-order valence-corrected chi connectivity index (χ2v) is 6.75. The Morgan fingerprint density at radius 1 is 1.15 bits per heavy atom. The number of benzene rings is 1. The minimum absolute atomic E-state index is 0.126. The van der Waals surface area contributed by atoms with E-state index in [1.165, 1.54) is 24.3 Å². The number of rotatable bonds is 3. The predicted molar refractivity (Wildman–Crippen MR) is 85.6 cm³/mol. The first-order valence-corrected chi connectivity index (χ1v) is 8.22. The van der Waals surface area contributed by atoms with Gasteiger partial charge >= 0.3 is 11.9 Å². The van der Waals surface area contributed by atoms with Crippen molar-refractivity contribution in [2.75, 3.05) is 0 Å². The Morgan fingerprint density at radius 2 is 1.88 bits per heavy atom. The van der Waals surface area contributed by atoms with Crippen molar-refractivity contribution in [1.29, 1.82) is 0 Å². The van der Waals surface area contributed by atoms with E-state index in [0.717, 1.165) is 0 Å². The zero-order valence-corrected chi connectivity index (χ0v) is 14.2. The van der Waals surface area contributed by atoms with Crippen molar-refractivity contribution in [2.24, 2.45) is 0 Å². The van der Waals surface area contributed by atoms with Crippen LogP contribution >= 0.6 is 0 Å². The number of aromatic hydroxyl groups is 1. The SMILES string of the molecule is CC1(C)OC2OC3C(OC(=O)C=Cc4ccc(O)cc4)C(=O)OC3C2O1. The van der Waals surface area contributed by atoms with Crippen molar-refractivity contribution < 1.29 is 38.4 Å². The second kappa shape index (κ2) is 6.08. The number of carbonyl (C=O) groups is 2. The van der Waals surface area contributed by atoms with Crippen LogP contribution in [0, 0.1) is 0 Å². The van der Waals surface area contributed by atoms with Gasteiger partial charge in [0.1, 0.15) is 11.9 Å². The van der Waals surface area contributed by atoms with Gasteiger partial charge in [0.2, 0.25) is 6.10 Å². The predicted octanol–water partition coefficient (Wildman–Crippen LogP) is 1.12. The first kappa shape index (κ1) is 17.0. The molecule has 0 bridgehead atoms. The largest absolute Gasteiger partial charge is 0.508 e. The number of hydrogen-bond acceptors (Lipinski definition) is 8. The van der Waals surface area contributed by atoms with Crippen molar-refractivity contribution >= 4 is 18.0 Å². The van der Waals surface area contributed by atoms with Crippen LogP contribution in [0.5, 0.6) is 5.75 Å². The van der Waals surface area contributed by atoms with Crippen molar-refractivity contribution in [3.63, 3.8) is 0 Å². The van der Waals surface area contributed by atoms with Gasteiger partial charge in [0.15, 0.2) is 24.3 Å². The highest BCUT2D eigenvalue weighted by Crippen LogP contribution is 2.42. The average Bonchev–Trinajstić information content (AvgIpc) is 3.15. The van der Waals surface area contributed by atoms with Gasteiger partial charge in [0, 0.05) is 6.08 Å². The van der Waals surface area contributed by atoms with Crippen LogP contribution in [0.25, 0.3) is 6.08 Å². The molecular weight excluding hydrogens is 344 g/mol. The summed E-state index contributed by atoms with van der Waals surface area (Å²) in [5, 5.41) is 9.24. The fourth-order valence-electron chi connectivity index (χ4n) is 3.25. The third-order valence-electron chi connectivity index (χ3n) is 4.36. The van der Waals surface area contributed by atoms with Gasteiger partial charge in [-0.2, -0.15) is 0 Å². The Labute approximate surface area is 149 Å². The van der Waals surface area contributed by atoms with E-state index in [0.29, 0.717) is 5.56 Å². The number of carbonyl (C=O) groups excluding carboxylic acids is 2. The smallest absolute Gasteiger partial charge is 0.350 e. The lowest BCUT2D eigenvalue weighted by atomic mass is 10.1.